The van der Waals surface area contributed by atoms with Gasteiger partial charge in [0.1, 0.15) is 12.7 Å². The summed E-state index contributed by atoms with van der Waals surface area (Å²) in [4.78, 5) is 34.9. The largest absolute Gasteiger partial charge is 0.472 e. The molecule has 3 N–H and O–H groups in total. The lowest BCUT2D eigenvalue weighted by Gasteiger charge is -2.20. The fourth-order valence-electron chi connectivity index (χ4n) is 5.39. The third kappa shape index (κ3) is 36.6. The first kappa shape index (κ1) is 49.5. The molecule has 1 unspecified atom stereocenters. The smallest absolute Gasteiger partial charge is 0.462 e. The van der Waals surface area contributed by atoms with Crippen LogP contribution in [0.1, 0.15) is 181 Å². The highest BCUT2D eigenvalue weighted by molar-refractivity contribution is 7.47. The number of allylic oxidation sites excluding steroid dienone is 4. The second-order valence-corrected chi connectivity index (χ2v) is 15.1. The SMILES string of the molecule is CCCCCC/C=C\CCCCCCCCCC(=O)OC[C@H](COP(=O)(O)OC[C@@H](O)CO)OC(=O)CCCCCCC/C=C\CCCCCC. The number of ether oxygens (including phenoxy) is 2. The number of hydrogen-bond acceptors (Lipinski definition) is 9. The van der Waals surface area contributed by atoms with Crippen LogP contribution in [0.15, 0.2) is 24.3 Å². The Morgan fingerprint density at radius 2 is 0.961 bits per heavy atom. The molecule has 300 valence electrons. The maximum atomic E-state index is 12.6. The molecule has 0 saturated heterocycles. The van der Waals surface area contributed by atoms with Crippen molar-refractivity contribution in [3.63, 3.8) is 0 Å². The molecule has 3 atom stereocenters. The summed E-state index contributed by atoms with van der Waals surface area (Å²) < 4.78 is 32.6. The van der Waals surface area contributed by atoms with E-state index in [4.69, 9.17) is 19.1 Å². The molecule has 11 heteroatoms. The summed E-state index contributed by atoms with van der Waals surface area (Å²) in [5.41, 5.74) is 0. The van der Waals surface area contributed by atoms with Gasteiger partial charge in [0, 0.05) is 12.8 Å². The summed E-state index contributed by atoms with van der Waals surface area (Å²) in [5.74, 6) is -0.938. The van der Waals surface area contributed by atoms with Gasteiger partial charge >= 0.3 is 19.8 Å². The molecule has 0 heterocycles. The molecule has 51 heavy (non-hydrogen) atoms. The molecule has 0 rings (SSSR count). The number of phosphoric ester groups is 1. The third-order valence-electron chi connectivity index (χ3n) is 8.58. The normalized spacial score (nSPS) is 14.2. The van der Waals surface area contributed by atoms with Gasteiger partial charge in [-0.1, -0.05) is 128 Å². The Kier molecular flexibility index (Phi) is 35.7. The molecule has 0 radical (unpaired) electrons. The van der Waals surface area contributed by atoms with Gasteiger partial charge in [-0.25, -0.2) is 4.57 Å². The Hall–Kier alpha value is -1.55. The second kappa shape index (κ2) is 36.8. The summed E-state index contributed by atoms with van der Waals surface area (Å²) in [6, 6.07) is 0. The molecule has 0 aromatic heterocycles. The molecule has 0 aliphatic heterocycles. The van der Waals surface area contributed by atoms with Crippen LogP contribution in [-0.4, -0.2) is 65.7 Å². The molecule has 0 aliphatic rings. The van der Waals surface area contributed by atoms with E-state index in [1.165, 1.54) is 77.0 Å². The topological polar surface area (TPSA) is 149 Å². The van der Waals surface area contributed by atoms with Crippen LogP contribution in [0.3, 0.4) is 0 Å². The highest BCUT2D eigenvalue weighted by atomic mass is 31.2. The number of hydrogen-bond donors (Lipinski definition) is 3. The number of unbranched alkanes of at least 4 members (excludes halogenated alkanes) is 20. The maximum absolute atomic E-state index is 12.6. The van der Waals surface area contributed by atoms with Crippen LogP contribution >= 0.6 is 7.82 Å². The van der Waals surface area contributed by atoms with E-state index in [-0.39, 0.29) is 19.4 Å². The van der Waals surface area contributed by atoms with Crippen molar-refractivity contribution in [1.29, 1.82) is 0 Å². The molecule has 10 nitrogen and oxygen atoms in total. The molecule has 0 amide bonds. The zero-order valence-electron chi connectivity index (χ0n) is 32.3. The van der Waals surface area contributed by atoms with Gasteiger partial charge in [-0.05, 0) is 64.2 Å². The maximum Gasteiger partial charge on any atom is 0.472 e. The molecule has 0 spiro atoms. The van der Waals surface area contributed by atoms with Crippen LogP contribution in [0.4, 0.5) is 0 Å². The van der Waals surface area contributed by atoms with Crippen molar-refractivity contribution in [2.24, 2.45) is 0 Å². The van der Waals surface area contributed by atoms with E-state index in [1.54, 1.807) is 0 Å². The Bertz CT molecular complexity index is 910. The lowest BCUT2D eigenvalue weighted by Crippen LogP contribution is -2.29. The van der Waals surface area contributed by atoms with Crippen LogP contribution in [0, 0.1) is 0 Å². The van der Waals surface area contributed by atoms with E-state index in [0.29, 0.717) is 12.8 Å². The van der Waals surface area contributed by atoms with Crippen molar-refractivity contribution < 1.29 is 47.8 Å². The Labute approximate surface area is 310 Å². The monoisotopic (exact) mass is 747 g/mol. The number of esters is 2. The minimum atomic E-state index is -4.61. The van der Waals surface area contributed by atoms with E-state index >= 15 is 0 Å². The Balaban J connectivity index is 4.34. The van der Waals surface area contributed by atoms with Gasteiger partial charge in [-0.3, -0.25) is 18.6 Å². The number of carbonyl (C=O) groups excluding carboxylic acids is 2. The third-order valence-corrected chi connectivity index (χ3v) is 9.53. The Morgan fingerprint density at radius 3 is 1.41 bits per heavy atom. The predicted octanol–water partition coefficient (Wildman–Crippen LogP) is 10.2. The highest BCUT2D eigenvalue weighted by Gasteiger charge is 2.27. The van der Waals surface area contributed by atoms with Crippen LogP contribution in [0.5, 0.6) is 0 Å². The summed E-state index contributed by atoms with van der Waals surface area (Å²) in [6.07, 6.45) is 34.3. The van der Waals surface area contributed by atoms with Crippen LogP contribution < -0.4 is 0 Å². The second-order valence-electron chi connectivity index (χ2n) is 13.7. The zero-order valence-corrected chi connectivity index (χ0v) is 33.2. The molecule has 0 aliphatic carbocycles. The van der Waals surface area contributed by atoms with Gasteiger partial charge < -0.3 is 24.6 Å². The molecular weight excluding hydrogens is 671 g/mol. The molecule has 0 aromatic carbocycles. The minimum Gasteiger partial charge on any atom is -0.462 e. The Morgan fingerprint density at radius 1 is 0.569 bits per heavy atom. The molecular formula is C40H75O10P. The van der Waals surface area contributed by atoms with Crippen molar-refractivity contribution in [3.05, 3.63) is 24.3 Å². The van der Waals surface area contributed by atoms with Crippen LogP contribution in [0.25, 0.3) is 0 Å². The van der Waals surface area contributed by atoms with Crippen LogP contribution in [0.2, 0.25) is 0 Å². The fourth-order valence-corrected chi connectivity index (χ4v) is 6.18. The number of phosphoric acid groups is 1. The summed E-state index contributed by atoms with van der Waals surface area (Å²) in [6.45, 7) is 2.33. The average molecular weight is 747 g/mol. The molecule has 0 aromatic rings. The van der Waals surface area contributed by atoms with E-state index in [9.17, 15) is 24.2 Å². The number of aliphatic hydroxyl groups excluding tert-OH is 2. The van der Waals surface area contributed by atoms with E-state index in [1.807, 2.05) is 0 Å². The standard InChI is InChI=1S/C40H75O10P/c1-3-5-7-9-11-13-15-17-18-20-21-23-25-27-29-31-39(43)47-35-38(36-49-51(45,46)48-34-37(42)33-41)50-40(44)32-30-28-26-24-22-19-16-14-12-10-8-6-4-2/h13-16,37-38,41-42H,3-12,17-36H2,1-2H3,(H,45,46)/b15-13-,16-14-/t37-,38+/m0/s1. The first-order chi connectivity index (χ1) is 24.7. The van der Waals surface area contributed by atoms with Crippen molar-refractivity contribution in [2.75, 3.05) is 26.4 Å². The van der Waals surface area contributed by atoms with Gasteiger partial charge in [0.25, 0.3) is 0 Å². The van der Waals surface area contributed by atoms with Gasteiger partial charge in [0.15, 0.2) is 6.10 Å². The molecule has 0 bridgehead atoms. The van der Waals surface area contributed by atoms with E-state index in [2.05, 4.69) is 42.7 Å². The number of rotatable bonds is 38. The van der Waals surface area contributed by atoms with Gasteiger partial charge in [-0.2, -0.15) is 0 Å². The lowest BCUT2D eigenvalue weighted by atomic mass is 10.1. The van der Waals surface area contributed by atoms with E-state index in [0.717, 1.165) is 64.2 Å². The molecule has 0 fully saturated rings. The predicted molar refractivity (Wildman–Crippen MR) is 205 cm³/mol. The van der Waals surface area contributed by atoms with Crippen molar-refractivity contribution in [3.8, 4) is 0 Å². The van der Waals surface area contributed by atoms with Crippen molar-refractivity contribution in [2.45, 2.75) is 193 Å². The number of carbonyl (C=O) groups is 2. The zero-order chi connectivity index (χ0) is 37.7. The summed E-state index contributed by atoms with van der Waals surface area (Å²) in [5, 5.41) is 18.3. The van der Waals surface area contributed by atoms with Crippen molar-refractivity contribution >= 4 is 19.8 Å². The fraction of sp³-hybridized carbons (Fsp3) is 0.850. The van der Waals surface area contributed by atoms with Crippen molar-refractivity contribution in [1.82, 2.24) is 0 Å². The number of aliphatic hydroxyl groups is 2. The quantitative estimate of drug-likeness (QED) is 0.0241. The first-order valence-corrected chi connectivity index (χ1v) is 21.8. The first-order valence-electron chi connectivity index (χ1n) is 20.3. The minimum absolute atomic E-state index is 0.175. The van der Waals surface area contributed by atoms with Gasteiger partial charge in [0.2, 0.25) is 0 Å². The average Bonchev–Trinajstić information content (AvgIpc) is 3.12. The van der Waals surface area contributed by atoms with Gasteiger partial charge in [-0.15, -0.1) is 0 Å². The summed E-state index contributed by atoms with van der Waals surface area (Å²) >= 11 is 0. The molecule has 0 saturated carbocycles. The van der Waals surface area contributed by atoms with E-state index < -0.39 is 51.8 Å². The van der Waals surface area contributed by atoms with Gasteiger partial charge in [0.05, 0.1) is 19.8 Å². The van der Waals surface area contributed by atoms with Crippen LogP contribution in [-0.2, 0) is 32.7 Å². The highest BCUT2D eigenvalue weighted by Crippen LogP contribution is 2.43. The summed E-state index contributed by atoms with van der Waals surface area (Å²) in [7, 11) is -4.61. The lowest BCUT2D eigenvalue weighted by molar-refractivity contribution is -0.161.